The third-order valence-corrected chi connectivity index (χ3v) is 2.22. The summed E-state index contributed by atoms with van der Waals surface area (Å²) in [6.45, 7) is 2.33. The summed E-state index contributed by atoms with van der Waals surface area (Å²) in [5.74, 6) is -1.76. The maximum absolute atomic E-state index is 10.8. The zero-order chi connectivity index (χ0) is 12.9. The molecule has 0 rings (SSSR count). The Labute approximate surface area is 91.9 Å². The second-order valence-corrected chi connectivity index (χ2v) is 3.41. The van der Waals surface area contributed by atoms with Gasteiger partial charge >= 0.3 is 5.97 Å². The summed E-state index contributed by atoms with van der Waals surface area (Å²) < 4.78 is 0. The minimum atomic E-state index is -2.66. The Hall–Kier alpha value is -0.990. The molecule has 94 valence electrons. The van der Waals surface area contributed by atoms with Crippen LogP contribution in [0.3, 0.4) is 0 Å². The van der Waals surface area contributed by atoms with Crippen LogP contribution in [0.4, 0.5) is 0 Å². The van der Waals surface area contributed by atoms with Crippen molar-refractivity contribution in [3.63, 3.8) is 0 Å². The molecule has 0 heterocycles. The van der Waals surface area contributed by atoms with Gasteiger partial charge in [0, 0.05) is 6.42 Å². The first-order chi connectivity index (χ1) is 7.31. The Morgan fingerprint density at radius 1 is 1.38 bits per heavy atom. The highest BCUT2D eigenvalue weighted by atomic mass is 16.4. The van der Waals surface area contributed by atoms with Crippen LogP contribution in [0.15, 0.2) is 12.7 Å². The molecule has 0 aromatic carbocycles. The average Bonchev–Trinajstić information content (AvgIpc) is 2.25. The van der Waals surface area contributed by atoms with E-state index in [1.54, 1.807) is 0 Å². The first-order valence-electron chi connectivity index (χ1n) is 4.53. The molecule has 7 heteroatoms. The number of rotatable bonds is 7. The van der Waals surface area contributed by atoms with Crippen molar-refractivity contribution in [1.29, 1.82) is 0 Å². The summed E-state index contributed by atoms with van der Waals surface area (Å²) in [5, 5.41) is 54.6. The van der Waals surface area contributed by atoms with Gasteiger partial charge in [0.15, 0.2) is 5.60 Å². The van der Waals surface area contributed by atoms with E-state index in [9.17, 15) is 20.1 Å². The SMILES string of the molecule is C=CC[C@](O)(C(=O)O)[C@@H](O)[C@H](O)[C@H](O)CO. The van der Waals surface area contributed by atoms with E-state index in [0.29, 0.717) is 0 Å². The summed E-state index contributed by atoms with van der Waals surface area (Å²) in [7, 11) is 0. The molecule has 0 saturated heterocycles. The summed E-state index contributed by atoms with van der Waals surface area (Å²) in [4.78, 5) is 10.8. The van der Waals surface area contributed by atoms with Gasteiger partial charge in [0.2, 0.25) is 0 Å². The fourth-order valence-corrected chi connectivity index (χ4v) is 1.16. The molecule has 0 aliphatic rings. The van der Waals surface area contributed by atoms with Crippen LogP contribution in [-0.4, -0.2) is 67.1 Å². The van der Waals surface area contributed by atoms with Gasteiger partial charge in [-0.15, -0.1) is 6.58 Å². The second-order valence-electron chi connectivity index (χ2n) is 3.41. The third kappa shape index (κ3) is 3.00. The average molecular weight is 236 g/mol. The molecule has 4 atom stereocenters. The standard InChI is InChI=1S/C9H16O7/c1-2-3-9(16,8(14)15)7(13)6(12)5(11)4-10/h2,5-7,10-13,16H,1,3-4H2,(H,14,15)/t5-,6-,7+,9-/m1/s1. The number of hydrogen-bond acceptors (Lipinski definition) is 6. The van der Waals surface area contributed by atoms with Crippen LogP contribution < -0.4 is 0 Å². The van der Waals surface area contributed by atoms with Gasteiger partial charge < -0.3 is 30.6 Å². The lowest BCUT2D eigenvalue weighted by Crippen LogP contribution is -2.57. The first-order valence-corrected chi connectivity index (χ1v) is 4.53. The van der Waals surface area contributed by atoms with Crippen LogP contribution in [-0.2, 0) is 4.79 Å². The predicted octanol–water partition coefficient (Wildman–Crippen LogP) is -2.55. The van der Waals surface area contributed by atoms with Gasteiger partial charge in [-0.3, -0.25) is 0 Å². The summed E-state index contributed by atoms with van der Waals surface area (Å²) in [6.07, 6.45) is -5.34. The van der Waals surface area contributed by atoms with Crippen molar-refractivity contribution >= 4 is 5.97 Å². The van der Waals surface area contributed by atoms with Crippen molar-refractivity contribution < 1.29 is 35.4 Å². The van der Waals surface area contributed by atoms with Gasteiger partial charge in [-0.25, -0.2) is 4.79 Å². The lowest BCUT2D eigenvalue weighted by Gasteiger charge is -2.32. The first kappa shape index (κ1) is 15.0. The largest absolute Gasteiger partial charge is 0.479 e. The zero-order valence-electron chi connectivity index (χ0n) is 8.52. The molecule has 0 aliphatic heterocycles. The van der Waals surface area contributed by atoms with E-state index in [2.05, 4.69) is 6.58 Å². The van der Waals surface area contributed by atoms with E-state index in [-0.39, 0.29) is 0 Å². The number of aliphatic carboxylic acids is 1. The van der Waals surface area contributed by atoms with Crippen LogP contribution in [0.25, 0.3) is 0 Å². The molecule has 0 radical (unpaired) electrons. The lowest BCUT2D eigenvalue weighted by molar-refractivity contribution is -0.190. The van der Waals surface area contributed by atoms with E-state index >= 15 is 0 Å². The van der Waals surface area contributed by atoms with Crippen LogP contribution in [0.1, 0.15) is 6.42 Å². The molecule has 6 N–H and O–H groups in total. The number of carbonyl (C=O) groups is 1. The number of aliphatic hydroxyl groups excluding tert-OH is 4. The minimum absolute atomic E-state index is 0.515. The molecule has 0 fully saturated rings. The van der Waals surface area contributed by atoms with Gasteiger partial charge in [0.05, 0.1) is 6.61 Å². The number of hydrogen-bond donors (Lipinski definition) is 6. The third-order valence-electron chi connectivity index (χ3n) is 2.22. The van der Waals surface area contributed by atoms with E-state index in [1.165, 1.54) is 0 Å². The molecule has 7 nitrogen and oxygen atoms in total. The molecule has 0 aromatic rings. The van der Waals surface area contributed by atoms with Crippen molar-refractivity contribution in [2.45, 2.75) is 30.3 Å². The van der Waals surface area contributed by atoms with Crippen LogP contribution in [0, 0.1) is 0 Å². The van der Waals surface area contributed by atoms with E-state index < -0.39 is 42.9 Å². The molecular formula is C9H16O7. The van der Waals surface area contributed by atoms with Crippen molar-refractivity contribution in [3.8, 4) is 0 Å². The summed E-state index contributed by atoms with van der Waals surface area (Å²) >= 11 is 0. The van der Waals surface area contributed by atoms with Crippen LogP contribution in [0.5, 0.6) is 0 Å². The Morgan fingerprint density at radius 3 is 2.19 bits per heavy atom. The van der Waals surface area contributed by atoms with Crippen LogP contribution >= 0.6 is 0 Å². The molecule has 0 bridgehead atoms. The Bertz CT molecular complexity index is 254. The van der Waals surface area contributed by atoms with Crippen molar-refractivity contribution in [2.24, 2.45) is 0 Å². The minimum Gasteiger partial charge on any atom is -0.479 e. The molecule has 0 spiro atoms. The maximum Gasteiger partial charge on any atom is 0.338 e. The highest BCUT2D eigenvalue weighted by Gasteiger charge is 2.47. The van der Waals surface area contributed by atoms with Gasteiger partial charge in [-0.1, -0.05) is 6.08 Å². The Balaban J connectivity index is 4.93. The fourth-order valence-electron chi connectivity index (χ4n) is 1.16. The van der Waals surface area contributed by atoms with Crippen LogP contribution in [0.2, 0.25) is 0 Å². The highest BCUT2D eigenvalue weighted by Crippen LogP contribution is 2.21. The van der Waals surface area contributed by atoms with E-state index in [0.717, 1.165) is 6.08 Å². The molecule has 0 saturated carbocycles. The fraction of sp³-hybridized carbons (Fsp3) is 0.667. The molecule has 0 aliphatic carbocycles. The number of aliphatic hydroxyl groups is 5. The quantitative estimate of drug-likeness (QED) is 0.267. The molecule has 0 amide bonds. The topological polar surface area (TPSA) is 138 Å². The van der Waals surface area contributed by atoms with E-state index in [1.807, 2.05) is 0 Å². The number of carboxylic acids is 1. The molecule has 0 unspecified atom stereocenters. The summed E-state index contributed by atoms with van der Waals surface area (Å²) in [6, 6.07) is 0. The number of carboxylic acid groups (broad SMARTS) is 1. The maximum atomic E-state index is 10.8. The van der Waals surface area contributed by atoms with Crippen molar-refractivity contribution in [1.82, 2.24) is 0 Å². The molecule has 16 heavy (non-hydrogen) atoms. The van der Waals surface area contributed by atoms with Gasteiger partial charge in [0.25, 0.3) is 0 Å². The Morgan fingerprint density at radius 2 is 1.88 bits per heavy atom. The Kier molecular flexibility index (Phi) is 5.56. The smallest absolute Gasteiger partial charge is 0.338 e. The lowest BCUT2D eigenvalue weighted by atomic mass is 9.87. The highest BCUT2D eigenvalue weighted by molar-refractivity contribution is 5.78. The molecule has 0 aromatic heterocycles. The summed E-state index contributed by atoms with van der Waals surface area (Å²) in [5.41, 5.74) is -2.66. The predicted molar refractivity (Wildman–Crippen MR) is 52.5 cm³/mol. The van der Waals surface area contributed by atoms with Crippen molar-refractivity contribution in [3.05, 3.63) is 12.7 Å². The van der Waals surface area contributed by atoms with Crippen molar-refractivity contribution in [2.75, 3.05) is 6.61 Å². The van der Waals surface area contributed by atoms with Gasteiger partial charge in [0.1, 0.15) is 18.3 Å². The monoisotopic (exact) mass is 236 g/mol. The van der Waals surface area contributed by atoms with E-state index in [4.69, 9.17) is 15.3 Å². The molecular weight excluding hydrogens is 220 g/mol. The van der Waals surface area contributed by atoms with Gasteiger partial charge in [-0.05, 0) is 0 Å². The zero-order valence-corrected chi connectivity index (χ0v) is 8.52. The van der Waals surface area contributed by atoms with Gasteiger partial charge in [-0.2, -0.15) is 0 Å². The second kappa shape index (κ2) is 5.92. The normalized spacial score (nSPS) is 20.6.